The highest BCUT2D eigenvalue weighted by atomic mass is 16.2. The number of imide groups is 2. The molecule has 0 atom stereocenters. The second kappa shape index (κ2) is 10.2. The summed E-state index contributed by atoms with van der Waals surface area (Å²) in [5.41, 5.74) is 12.0. The van der Waals surface area contributed by atoms with Gasteiger partial charge in [-0.1, -0.05) is 62.4 Å². The quantitative estimate of drug-likeness (QED) is 0.219. The monoisotopic (exact) mass is 564 g/mol. The molecule has 0 fully saturated rings. The molecule has 43 heavy (non-hydrogen) atoms. The molecule has 0 bridgehead atoms. The van der Waals surface area contributed by atoms with Gasteiger partial charge in [0, 0.05) is 24.3 Å². The van der Waals surface area contributed by atoms with Gasteiger partial charge >= 0.3 is 0 Å². The summed E-state index contributed by atoms with van der Waals surface area (Å²) < 4.78 is 0. The van der Waals surface area contributed by atoms with E-state index < -0.39 is 0 Å². The van der Waals surface area contributed by atoms with E-state index in [9.17, 15) is 19.2 Å². The zero-order chi connectivity index (χ0) is 29.8. The molecule has 210 valence electrons. The van der Waals surface area contributed by atoms with Crippen LogP contribution in [0.15, 0.2) is 97.1 Å². The van der Waals surface area contributed by atoms with Crippen molar-refractivity contribution in [3.8, 4) is 33.4 Å². The lowest BCUT2D eigenvalue weighted by Crippen LogP contribution is -2.30. The Morgan fingerprint density at radius 3 is 1.65 bits per heavy atom. The molecule has 0 radical (unpaired) electrons. The third kappa shape index (κ3) is 4.17. The number of carbonyl (C=O) groups is 4. The predicted octanol–water partition coefficient (Wildman–Crippen LogP) is 6.58. The molecule has 2 aliphatic heterocycles. The van der Waals surface area contributed by atoms with Crippen molar-refractivity contribution in [3.63, 3.8) is 0 Å². The van der Waals surface area contributed by atoms with Crippen molar-refractivity contribution in [2.24, 2.45) is 0 Å². The Morgan fingerprint density at radius 2 is 1.07 bits per heavy atom. The van der Waals surface area contributed by atoms with Gasteiger partial charge in [0.15, 0.2) is 0 Å². The summed E-state index contributed by atoms with van der Waals surface area (Å²) in [6.45, 7) is 4.04. The van der Waals surface area contributed by atoms with Crippen LogP contribution >= 0.6 is 0 Å². The molecule has 0 unspecified atom stereocenters. The fourth-order valence-electron chi connectivity index (χ4n) is 6.55. The van der Waals surface area contributed by atoms with Crippen molar-refractivity contribution in [1.82, 2.24) is 0 Å². The average Bonchev–Trinajstić information content (AvgIpc) is 3.69. The van der Waals surface area contributed by atoms with Crippen LogP contribution in [0.2, 0.25) is 0 Å². The highest BCUT2D eigenvalue weighted by molar-refractivity contribution is 6.29. The first-order valence-corrected chi connectivity index (χ1v) is 14.5. The Labute approximate surface area is 249 Å². The number of nitrogens with zero attached hydrogens (tertiary/aromatic N) is 2. The molecule has 0 aromatic heterocycles. The summed E-state index contributed by atoms with van der Waals surface area (Å²) in [6, 6.07) is 24.7. The van der Waals surface area contributed by atoms with Crippen LogP contribution in [-0.4, -0.2) is 23.6 Å². The smallest absolute Gasteiger partial charge is 0.258 e. The molecule has 4 aromatic rings. The van der Waals surface area contributed by atoms with E-state index in [2.05, 4.69) is 48.5 Å². The first-order valence-electron chi connectivity index (χ1n) is 14.5. The molecule has 2 heterocycles. The third-order valence-electron chi connectivity index (χ3n) is 8.61. The predicted molar refractivity (Wildman–Crippen MR) is 168 cm³/mol. The van der Waals surface area contributed by atoms with E-state index >= 15 is 0 Å². The molecule has 1 aliphatic carbocycles. The van der Waals surface area contributed by atoms with E-state index in [1.54, 1.807) is 0 Å². The minimum atomic E-state index is -0.333. The lowest BCUT2D eigenvalue weighted by Gasteiger charge is -2.22. The van der Waals surface area contributed by atoms with Gasteiger partial charge in [-0.15, -0.1) is 0 Å². The minimum absolute atomic E-state index is 0.332. The van der Waals surface area contributed by atoms with Crippen LogP contribution in [0.3, 0.4) is 0 Å². The van der Waals surface area contributed by atoms with Gasteiger partial charge < -0.3 is 0 Å². The molecule has 0 saturated heterocycles. The maximum absolute atomic E-state index is 12.5. The zero-order valence-electron chi connectivity index (χ0n) is 23.9. The highest BCUT2D eigenvalue weighted by Crippen LogP contribution is 2.47. The first-order chi connectivity index (χ1) is 20.9. The van der Waals surface area contributed by atoms with E-state index in [4.69, 9.17) is 0 Å². The summed E-state index contributed by atoms with van der Waals surface area (Å²) in [5, 5.41) is 0. The van der Waals surface area contributed by atoms with Gasteiger partial charge in [0.25, 0.3) is 23.6 Å². The average molecular weight is 565 g/mol. The summed E-state index contributed by atoms with van der Waals surface area (Å²) in [5.74, 6) is -1.33. The second-order valence-electron chi connectivity index (χ2n) is 10.9. The van der Waals surface area contributed by atoms with Crippen molar-refractivity contribution in [2.75, 3.05) is 9.80 Å². The topological polar surface area (TPSA) is 74.8 Å². The van der Waals surface area contributed by atoms with Gasteiger partial charge in [-0.25, -0.2) is 9.80 Å². The lowest BCUT2D eigenvalue weighted by molar-refractivity contribution is -0.121. The number of benzene rings is 4. The van der Waals surface area contributed by atoms with Crippen molar-refractivity contribution in [1.29, 1.82) is 0 Å². The van der Waals surface area contributed by atoms with Gasteiger partial charge in [0.2, 0.25) is 0 Å². The lowest BCUT2D eigenvalue weighted by atomic mass is 9.86. The van der Waals surface area contributed by atoms with Gasteiger partial charge in [0.1, 0.15) is 0 Å². The maximum Gasteiger partial charge on any atom is 0.258 e. The van der Waals surface area contributed by atoms with E-state index in [0.717, 1.165) is 39.8 Å². The van der Waals surface area contributed by atoms with Crippen LogP contribution in [-0.2, 0) is 38.4 Å². The summed E-state index contributed by atoms with van der Waals surface area (Å²) in [7, 11) is 0. The highest BCUT2D eigenvalue weighted by Gasteiger charge is 2.30. The van der Waals surface area contributed by atoms with Crippen molar-refractivity contribution >= 4 is 35.0 Å². The van der Waals surface area contributed by atoms with E-state index in [0.29, 0.717) is 24.2 Å². The number of fused-ring (bicyclic) bond motifs is 3. The number of amides is 4. The van der Waals surface area contributed by atoms with Gasteiger partial charge in [0.05, 0.1) is 11.4 Å². The molecular formula is C37H28N2O4. The van der Waals surface area contributed by atoms with Crippen molar-refractivity contribution in [2.45, 2.75) is 33.1 Å². The van der Waals surface area contributed by atoms with Crippen LogP contribution in [0, 0.1) is 0 Å². The standard InChI is InChI=1S/C37H28N2O4/c1-3-22-19-25(9-13-31(22)38-33(40)15-16-34(38)41)28-11-12-29-27-8-6-5-7-24(27)21-30(29)37(28)26-10-14-32(23(4-2)20-26)39-35(42)17-18-36(39)43/h5-20H,3-4,21H2,1-2H3. The Kier molecular flexibility index (Phi) is 6.28. The third-order valence-corrected chi connectivity index (χ3v) is 8.61. The van der Waals surface area contributed by atoms with Crippen LogP contribution in [0.4, 0.5) is 11.4 Å². The SMILES string of the molecule is CCc1cc(-c2ccc3c(c2-c2ccc(N4C(=O)C=CC4=O)c(CC)c2)Cc2ccccc2-3)ccc1N1C(=O)C=CC1=O. The number of aryl methyl sites for hydroxylation is 2. The number of hydrogen-bond donors (Lipinski definition) is 0. The summed E-state index contributed by atoms with van der Waals surface area (Å²) >= 11 is 0. The molecule has 6 heteroatoms. The molecule has 3 aliphatic rings. The summed E-state index contributed by atoms with van der Waals surface area (Å²) in [6.07, 6.45) is 7.30. The van der Waals surface area contributed by atoms with E-state index in [1.807, 2.05) is 38.1 Å². The molecule has 4 aromatic carbocycles. The maximum atomic E-state index is 12.5. The fourth-order valence-corrected chi connectivity index (χ4v) is 6.55. The second-order valence-corrected chi connectivity index (χ2v) is 10.9. The van der Waals surface area contributed by atoms with Crippen LogP contribution in [0.25, 0.3) is 33.4 Å². The minimum Gasteiger partial charge on any atom is -0.269 e. The number of hydrogen-bond acceptors (Lipinski definition) is 4. The zero-order valence-corrected chi connectivity index (χ0v) is 23.9. The van der Waals surface area contributed by atoms with Crippen LogP contribution < -0.4 is 9.80 Å². The molecule has 7 rings (SSSR count). The van der Waals surface area contributed by atoms with E-state index in [-0.39, 0.29) is 23.6 Å². The van der Waals surface area contributed by atoms with Gasteiger partial charge in [-0.2, -0.15) is 0 Å². The molecule has 6 nitrogen and oxygen atoms in total. The Hall–Kier alpha value is -5.36. The molecule has 4 amide bonds. The first kappa shape index (κ1) is 26.5. The number of rotatable bonds is 6. The van der Waals surface area contributed by atoms with Crippen molar-refractivity contribution < 1.29 is 19.2 Å². The molecule has 0 N–H and O–H groups in total. The van der Waals surface area contributed by atoms with Crippen molar-refractivity contribution in [3.05, 3.63) is 119 Å². The molecule has 0 saturated carbocycles. The number of carbonyl (C=O) groups excluding carboxylic acids is 4. The van der Waals surface area contributed by atoms with Gasteiger partial charge in [-0.05, 0) is 99.2 Å². The Morgan fingerprint density at radius 1 is 0.558 bits per heavy atom. The van der Waals surface area contributed by atoms with Crippen LogP contribution in [0.5, 0.6) is 0 Å². The van der Waals surface area contributed by atoms with Gasteiger partial charge in [-0.3, -0.25) is 19.2 Å². The largest absolute Gasteiger partial charge is 0.269 e. The number of anilines is 2. The normalized spacial score (nSPS) is 15.2. The van der Waals surface area contributed by atoms with E-state index in [1.165, 1.54) is 56.4 Å². The Bertz CT molecular complexity index is 1930. The molecule has 0 spiro atoms. The fraction of sp³-hybridized carbons (Fsp3) is 0.135. The Balaban J connectivity index is 1.41. The molecular weight excluding hydrogens is 536 g/mol. The van der Waals surface area contributed by atoms with Crippen LogP contribution in [0.1, 0.15) is 36.1 Å². The summed E-state index contributed by atoms with van der Waals surface area (Å²) in [4.78, 5) is 52.4.